The van der Waals surface area contributed by atoms with Gasteiger partial charge in [0.2, 0.25) is 5.91 Å². The third kappa shape index (κ3) is 7.05. The summed E-state index contributed by atoms with van der Waals surface area (Å²) in [4.78, 5) is 38.9. The SMILES string of the molecule is COC(=O)c1ccc(NC(=O)OCCN(NCc2ccccc2Cl)C(C)=O)nc1. The van der Waals surface area contributed by atoms with E-state index in [1.54, 1.807) is 6.07 Å². The predicted molar refractivity (Wildman–Crippen MR) is 106 cm³/mol. The van der Waals surface area contributed by atoms with Crippen molar-refractivity contribution in [2.24, 2.45) is 0 Å². The number of amides is 2. The third-order valence-corrected chi connectivity index (χ3v) is 4.13. The number of aromatic nitrogens is 1. The molecule has 0 saturated heterocycles. The molecule has 0 aliphatic heterocycles. The molecule has 0 aliphatic rings. The Morgan fingerprint density at radius 3 is 2.55 bits per heavy atom. The minimum absolute atomic E-state index is 0.0405. The molecule has 1 heterocycles. The Balaban J connectivity index is 1.78. The number of anilines is 1. The standard InChI is InChI=1S/C19H21ClN4O5/c1-13(25)24(22-12-14-5-3-4-6-16(14)20)9-10-29-19(27)23-17-8-7-15(11-21-17)18(26)28-2/h3-8,11,22H,9-10,12H2,1-2H3,(H,21,23,27). The second kappa shape index (κ2) is 11.0. The lowest BCUT2D eigenvalue weighted by Crippen LogP contribution is -2.43. The Bertz CT molecular complexity index is 860. The number of hydrogen-bond acceptors (Lipinski definition) is 7. The largest absolute Gasteiger partial charge is 0.465 e. The Morgan fingerprint density at radius 2 is 1.93 bits per heavy atom. The molecule has 0 aliphatic carbocycles. The molecule has 10 heteroatoms. The topological polar surface area (TPSA) is 110 Å². The maximum atomic E-state index is 11.9. The molecule has 0 unspecified atom stereocenters. The van der Waals surface area contributed by atoms with Gasteiger partial charge < -0.3 is 9.47 Å². The molecular weight excluding hydrogens is 400 g/mol. The lowest BCUT2D eigenvalue weighted by molar-refractivity contribution is -0.132. The second-order valence-corrected chi connectivity index (χ2v) is 6.19. The summed E-state index contributed by atoms with van der Waals surface area (Å²) in [7, 11) is 1.26. The molecule has 0 atom stereocenters. The van der Waals surface area contributed by atoms with Crippen LogP contribution in [0.1, 0.15) is 22.8 Å². The summed E-state index contributed by atoms with van der Waals surface area (Å²) in [6, 6.07) is 10.2. The van der Waals surface area contributed by atoms with Gasteiger partial charge in [0.05, 0.1) is 19.2 Å². The zero-order valence-corrected chi connectivity index (χ0v) is 16.7. The van der Waals surface area contributed by atoms with E-state index in [4.69, 9.17) is 16.3 Å². The number of halogens is 1. The van der Waals surface area contributed by atoms with Crippen molar-refractivity contribution in [1.82, 2.24) is 15.4 Å². The molecule has 29 heavy (non-hydrogen) atoms. The van der Waals surface area contributed by atoms with Crippen LogP contribution in [-0.2, 0) is 20.8 Å². The summed E-state index contributed by atoms with van der Waals surface area (Å²) in [6.07, 6.45) is 0.537. The summed E-state index contributed by atoms with van der Waals surface area (Å²) in [5.41, 5.74) is 4.04. The maximum Gasteiger partial charge on any atom is 0.412 e. The van der Waals surface area contributed by atoms with Gasteiger partial charge in [-0.2, -0.15) is 0 Å². The van der Waals surface area contributed by atoms with Crippen molar-refractivity contribution < 1.29 is 23.9 Å². The van der Waals surface area contributed by atoms with Crippen LogP contribution in [0.3, 0.4) is 0 Å². The van der Waals surface area contributed by atoms with Gasteiger partial charge in [-0.3, -0.25) is 15.1 Å². The molecule has 1 aromatic carbocycles. The number of rotatable bonds is 8. The molecule has 0 fully saturated rings. The van der Waals surface area contributed by atoms with Crippen LogP contribution in [0.25, 0.3) is 0 Å². The Morgan fingerprint density at radius 1 is 1.17 bits per heavy atom. The fourth-order valence-electron chi connectivity index (χ4n) is 2.25. The molecule has 0 saturated carbocycles. The van der Waals surface area contributed by atoms with Crippen molar-refractivity contribution in [2.75, 3.05) is 25.6 Å². The Labute approximate surface area is 172 Å². The number of nitrogens with zero attached hydrogens (tertiary/aromatic N) is 2. The quantitative estimate of drug-likeness (QED) is 0.499. The first-order valence-electron chi connectivity index (χ1n) is 8.64. The number of hydrogen-bond donors (Lipinski definition) is 2. The number of benzene rings is 1. The number of carbonyl (C=O) groups is 3. The van der Waals surface area contributed by atoms with Crippen LogP contribution in [0.15, 0.2) is 42.6 Å². The van der Waals surface area contributed by atoms with E-state index >= 15 is 0 Å². The fourth-order valence-corrected chi connectivity index (χ4v) is 2.45. The molecular formula is C19H21ClN4O5. The fraction of sp³-hybridized carbons (Fsp3) is 0.263. The first kappa shape index (κ1) is 22.1. The van der Waals surface area contributed by atoms with Crippen LogP contribution in [0, 0.1) is 0 Å². The molecule has 0 radical (unpaired) electrons. The van der Waals surface area contributed by atoms with E-state index in [0.717, 1.165) is 5.56 Å². The monoisotopic (exact) mass is 420 g/mol. The van der Waals surface area contributed by atoms with Crippen molar-refractivity contribution in [1.29, 1.82) is 0 Å². The first-order valence-corrected chi connectivity index (χ1v) is 9.01. The third-order valence-electron chi connectivity index (χ3n) is 3.76. The Kier molecular flexibility index (Phi) is 8.38. The average Bonchev–Trinajstić information content (AvgIpc) is 2.71. The van der Waals surface area contributed by atoms with Crippen molar-refractivity contribution in [3.8, 4) is 0 Å². The van der Waals surface area contributed by atoms with Crippen LogP contribution in [0.4, 0.5) is 10.6 Å². The smallest absolute Gasteiger partial charge is 0.412 e. The summed E-state index contributed by atoms with van der Waals surface area (Å²) in [5.74, 6) is -0.552. The first-order chi connectivity index (χ1) is 13.9. The number of nitrogens with one attached hydrogen (secondary N) is 2. The molecule has 0 spiro atoms. The van der Waals surface area contributed by atoms with Crippen LogP contribution in [0.5, 0.6) is 0 Å². The maximum absolute atomic E-state index is 11.9. The number of carbonyl (C=O) groups excluding carboxylic acids is 3. The minimum atomic E-state index is -0.738. The molecule has 2 N–H and O–H groups in total. The van der Waals surface area contributed by atoms with Gasteiger partial charge in [-0.05, 0) is 23.8 Å². The number of esters is 1. The van der Waals surface area contributed by atoms with Crippen LogP contribution in [0.2, 0.25) is 5.02 Å². The lowest BCUT2D eigenvalue weighted by Gasteiger charge is -2.22. The number of hydrazine groups is 1. The van der Waals surface area contributed by atoms with Gasteiger partial charge in [0, 0.05) is 24.7 Å². The summed E-state index contributed by atoms with van der Waals surface area (Å²) in [5, 5.41) is 4.35. The van der Waals surface area contributed by atoms with Crippen molar-refractivity contribution >= 4 is 35.4 Å². The van der Waals surface area contributed by atoms with Crippen LogP contribution < -0.4 is 10.7 Å². The zero-order chi connectivity index (χ0) is 21.2. The average molecular weight is 421 g/mol. The summed E-state index contributed by atoms with van der Waals surface area (Å²) < 4.78 is 9.63. The highest BCUT2D eigenvalue weighted by molar-refractivity contribution is 6.31. The zero-order valence-electron chi connectivity index (χ0n) is 16.0. The van der Waals surface area contributed by atoms with Gasteiger partial charge >= 0.3 is 12.1 Å². The lowest BCUT2D eigenvalue weighted by atomic mass is 10.2. The van der Waals surface area contributed by atoms with Gasteiger partial charge in [0.1, 0.15) is 12.4 Å². The van der Waals surface area contributed by atoms with E-state index in [2.05, 4.69) is 20.5 Å². The van der Waals surface area contributed by atoms with E-state index in [1.165, 1.54) is 37.4 Å². The number of ether oxygens (including phenoxy) is 2. The van der Waals surface area contributed by atoms with E-state index in [9.17, 15) is 14.4 Å². The summed E-state index contributed by atoms with van der Waals surface area (Å²) in [6.45, 7) is 1.84. The van der Waals surface area contributed by atoms with Crippen LogP contribution >= 0.6 is 11.6 Å². The van der Waals surface area contributed by atoms with Gasteiger partial charge in [-0.15, -0.1) is 0 Å². The molecule has 2 aromatic rings. The van der Waals surface area contributed by atoms with E-state index in [1.807, 2.05) is 18.2 Å². The number of pyridine rings is 1. The normalized spacial score (nSPS) is 10.2. The van der Waals surface area contributed by atoms with Gasteiger partial charge in [-0.25, -0.2) is 20.0 Å². The molecule has 0 bridgehead atoms. The van der Waals surface area contributed by atoms with E-state index < -0.39 is 12.1 Å². The molecule has 2 amide bonds. The van der Waals surface area contributed by atoms with Crippen molar-refractivity contribution in [3.63, 3.8) is 0 Å². The van der Waals surface area contributed by atoms with E-state index in [0.29, 0.717) is 11.6 Å². The van der Waals surface area contributed by atoms with Crippen molar-refractivity contribution in [2.45, 2.75) is 13.5 Å². The highest BCUT2D eigenvalue weighted by Crippen LogP contribution is 2.14. The second-order valence-electron chi connectivity index (χ2n) is 5.78. The molecule has 2 rings (SSSR count). The molecule has 154 valence electrons. The molecule has 9 nitrogen and oxygen atoms in total. The van der Waals surface area contributed by atoms with Gasteiger partial charge in [-0.1, -0.05) is 29.8 Å². The van der Waals surface area contributed by atoms with Gasteiger partial charge in [0.25, 0.3) is 0 Å². The number of methoxy groups -OCH3 is 1. The van der Waals surface area contributed by atoms with Gasteiger partial charge in [0.15, 0.2) is 0 Å². The van der Waals surface area contributed by atoms with Crippen LogP contribution in [-0.4, -0.2) is 48.2 Å². The highest BCUT2D eigenvalue weighted by Gasteiger charge is 2.12. The molecule has 1 aromatic heterocycles. The minimum Gasteiger partial charge on any atom is -0.465 e. The predicted octanol–water partition coefficient (Wildman–Crippen LogP) is 2.62. The highest BCUT2D eigenvalue weighted by atomic mass is 35.5. The summed E-state index contributed by atoms with van der Waals surface area (Å²) >= 11 is 6.09. The van der Waals surface area contributed by atoms with Crippen molar-refractivity contribution in [3.05, 3.63) is 58.7 Å². The Hall–Kier alpha value is -3.17. The van der Waals surface area contributed by atoms with E-state index in [-0.39, 0.29) is 30.4 Å².